The molecule has 1 heterocycles. The van der Waals surface area contributed by atoms with Crippen LogP contribution >= 0.6 is 0 Å². The highest BCUT2D eigenvalue weighted by Crippen LogP contribution is 2.18. The molecule has 0 amide bonds. The summed E-state index contributed by atoms with van der Waals surface area (Å²) in [5.41, 5.74) is 3.69. The third-order valence-corrected chi connectivity index (χ3v) is 2.22. The van der Waals surface area contributed by atoms with E-state index in [1.165, 1.54) is 12.8 Å². The van der Waals surface area contributed by atoms with Gasteiger partial charge in [0.1, 0.15) is 0 Å². The Morgan fingerprint density at radius 2 is 2.20 bits per heavy atom. The quantitative estimate of drug-likeness (QED) is 0.284. The van der Waals surface area contributed by atoms with Gasteiger partial charge < -0.3 is 5.32 Å². The SMILES string of the molecule is NNC(=NCc1ccncc1)NC1CC1. The largest absolute Gasteiger partial charge is 0.353 e. The van der Waals surface area contributed by atoms with Crippen molar-refractivity contribution in [1.82, 2.24) is 15.7 Å². The first kappa shape index (κ1) is 9.92. The Balaban J connectivity index is 1.90. The predicted octanol–water partition coefficient (Wildman–Crippen LogP) is 0.153. The molecule has 0 spiro atoms. The van der Waals surface area contributed by atoms with Gasteiger partial charge in [0.2, 0.25) is 5.96 Å². The third kappa shape index (κ3) is 3.21. The van der Waals surface area contributed by atoms with Gasteiger partial charge in [-0.25, -0.2) is 10.8 Å². The predicted molar refractivity (Wildman–Crippen MR) is 58.9 cm³/mol. The lowest BCUT2D eigenvalue weighted by molar-refractivity contribution is 0.821. The van der Waals surface area contributed by atoms with E-state index in [4.69, 9.17) is 5.84 Å². The Labute approximate surface area is 88.8 Å². The number of pyridine rings is 1. The van der Waals surface area contributed by atoms with E-state index >= 15 is 0 Å². The van der Waals surface area contributed by atoms with E-state index in [1.807, 2.05) is 12.1 Å². The number of aromatic nitrogens is 1. The van der Waals surface area contributed by atoms with Crippen molar-refractivity contribution < 1.29 is 0 Å². The highest BCUT2D eigenvalue weighted by atomic mass is 15.3. The van der Waals surface area contributed by atoms with Crippen LogP contribution in [0.5, 0.6) is 0 Å². The van der Waals surface area contributed by atoms with Crippen LogP contribution in [0, 0.1) is 0 Å². The van der Waals surface area contributed by atoms with Gasteiger partial charge >= 0.3 is 0 Å². The van der Waals surface area contributed by atoms with E-state index in [-0.39, 0.29) is 0 Å². The molecule has 4 N–H and O–H groups in total. The molecule has 0 aromatic carbocycles. The van der Waals surface area contributed by atoms with Gasteiger partial charge in [-0.1, -0.05) is 0 Å². The Kier molecular flexibility index (Phi) is 3.14. The average Bonchev–Trinajstić information content (AvgIpc) is 3.09. The minimum absolute atomic E-state index is 0.553. The maximum atomic E-state index is 5.36. The third-order valence-electron chi connectivity index (χ3n) is 2.22. The molecule has 0 atom stereocenters. The fourth-order valence-electron chi connectivity index (χ4n) is 1.21. The topological polar surface area (TPSA) is 75.3 Å². The number of guanidine groups is 1. The lowest BCUT2D eigenvalue weighted by atomic mass is 10.3. The van der Waals surface area contributed by atoms with Gasteiger partial charge in [-0.3, -0.25) is 10.4 Å². The first-order valence-corrected chi connectivity index (χ1v) is 5.05. The zero-order valence-corrected chi connectivity index (χ0v) is 8.48. The van der Waals surface area contributed by atoms with Gasteiger partial charge in [-0.15, -0.1) is 0 Å². The van der Waals surface area contributed by atoms with E-state index in [0.29, 0.717) is 18.5 Å². The number of hydrogen-bond acceptors (Lipinski definition) is 3. The molecular weight excluding hydrogens is 190 g/mol. The van der Waals surface area contributed by atoms with Crippen molar-refractivity contribution >= 4 is 5.96 Å². The van der Waals surface area contributed by atoms with Crippen molar-refractivity contribution in [2.24, 2.45) is 10.8 Å². The van der Waals surface area contributed by atoms with E-state index in [2.05, 4.69) is 20.7 Å². The normalized spacial score (nSPS) is 16.2. The van der Waals surface area contributed by atoms with Crippen LogP contribution in [0.2, 0.25) is 0 Å². The molecular formula is C10H15N5. The van der Waals surface area contributed by atoms with Crippen LogP contribution in [0.3, 0.4) is 0 Å². The molecule has 0 bridgehead atoms. The maximum absolute atomic E-state index is 5.36. The number of nitrogens with two attached hydrogens (primary N) is 1. The second-order valence-electron chi connectivity index (χ2n) is 3.58. The number of rotatable bonds is 3. The second kappa shape index (κ2) is 4.75. The van der Waals surface area contributed by atoms with E-state index in [9.17, 15) is 0 Å². The lowest BCUT2D eigenvalue weighted by Gasteiger charge is -2.07. The number of hydrogen-bond donors (Lipinski definition) is 3. The molecule has 1 aromatic rings. The highest BCUT2D eigenvalue weighted by molar-refractivity contribution is 5.79. The highest BCUT2D eigenvalue weighted by Gasteiger charge is 2.21. The number of aliphatic imine (C=N–C) groups is 1. The molecule has 2 rings (SSSR count). The second-order valence-corrected chi connectivity index (χ2v) is 3.58. The molecule has 1 saturated carbocycles. The smallest absolute Gasteiger partial charge is 0.206 e. The molecule has 1 aliphatic rings. The molecule has 0 unspecified atom stereocenters. The van der Waals surface area contributed by atoms with Crippen molar-refractivity contribution in [2.45, 2.75) is 25.4 Å². The van der Waals surface area contributed by atoms with Crippen LogP contribution in [0.15, 0.2) is 29.5 Å². The van der Waals surface area contributed by atoms with E-state index in [0.717, 1.165) is 5.56 Å². The van der Waals surface area contributed by atoms with Crippen LogP contribution in [-0.2, 0) is 6.54 Å². The first-order chi connectivity index (χ1) is 7.38. The molecule has 80 valence electrons. The summed E-state index contributed by atoms with van der Waals surface area (Å²) in [5.74, 6) is 6.02. The van der Waals surface area contributed by atoms with Gasteiger partial charge in [-0.2, -0.15) is 0 Å². The molecule has 5 nitrogen and oxygen atoms in total. The summed E-state index contributed by atoms with van der Waals surface area (Å²) in [4.78, 5) is 8.28. The van der Waals surface area contributed by atoms with Gasteiger partial charge in [0.05, 0.1) is 6.54 Å². The summed E-state index contributed by atoms with van der Waals surface area (Å²) >= 11 is 0. The Morgan fingerprint density at radius 1 is 1.47 bits per heavy atom. The van der Waals surface area contributed by atoms with Crippen molar-refractivity contribution in [3.05, 3.63) is 30.1 Å². The monoisotopic (exact) mass is 205 g/mol. The van der Waals surface area contributed by atoms with Crippen LogP contribution in [0.25, 0.3) is 0 Å². The Bertz CT molecular complexity index is 331. The van der Waals surface area contributed by atoms with Crippen molar-refractivity contribution in [1.29, 1.82) is 0 Å². The summed E-state index contributed by atoms with van der Waals surface area (Å²) in [7, 11) is 0. The Morgan fingerprint density at radius 3 is 2.80 bits per heavy atom. The standard InChI is InChI=1S/C10H15N5/c11-15-10(14-9-1-2-9)13-7-8-3-5-12-6-4-8/h3-6,9H,1-2,7,11H2,(H2,13,14,15). The van der Waals surface area contributed by atoms with Gasteiger partial charge in [0, 0.05) is 18.4 Å². The summed E-state index contributed by atoms with van der Waals surface area (Å²) < 4.78 is 0. The number of nitrogens with one attached hydrogen (secondary N) is 2. The molecule has 15 heavy (non-hydrogen) atoms. The maximum Gasteiger partial charge on any atom is 0.206 e. The number of nitrogens with zero attached hydrogens (tertiary/aromatic N) is 2. The summed E-state index contributed by atoms with van der Waals surface area (Å²) in [6, 6.07) is 4.43. The molecule has 1 aromatic heterocycles. The summed E-state index contributed by atoms with van der Waals surface area (Å²) in [6.07, 6.45) is 5.93. The zero-order chi connectivity index (χ0) is 10.5. The first-order valence-electron chi connectivity index (χ1n) is 5.05. The van der Waals surface area contributed by atoms with Gasteiger partial charge in [0.25, 0.3) is 0 Å². The Hall–Kier alpha value is -1.62. The number of hydrazine groups is 1. The van der Waals surface area contributed by atoms with Crippen LogP contribution in [0.4, 0.5) is 0 Å². The van der Waals surface area contributed by atoms with Crippen molar-refractivity contribution in [3.63, 3.8) is 0 Å². The van der Waals surface area contributed by atoms with Crippen LogP contribution < -0.4 is 16.6 Å². The minimum atomic E-state index is 0.553. The average molecular weight is 205 g/mol. The van der Waals surface area contributed by atoms with Crippen LogP contribution in [-0.4, -0.2) is 17.0 Å². The fraction of sp³-hybridized carbons (Fsp3) is 0.400. The van der Waals surface area contributed by atoms with Crippen LogP contribution in [0.1, 0.15) is 18.4 Å². The fourth-order valence-corrected chi connectivity index (χ4v) is 1.21. The summed E-state index contributed by atoms with van der Waals surface area (Å²) in [5, 5.41) is 3.21. The summed E-state index contributed by atoms with van der Waals surface area (Å²) in [6.45, 7) is 0.613. The molecule has 5 heteroatoms. The van der Waals surface area contributed by atoms with Crippen molar-refractivity contribution in [2.75, 3.05) is 0 Å². The lowest BCUT2D eigenvalue weighted by Crippen LogP contribution is -2.42. The van der Waals surface area contributed by atoms with Gasteiger partial charge in [0.15, 0.2) is 0 Å². The van der Waals surface area contributed by atoms with E-state index in [1.54, 1.807) is 12.4 Å². The molecule has 0 radical (unpaired) electrons. The van der Waals surface area contributed by atoms with Gasteiger partial charge in [-0.05, 0) is 30.5 Å². The minimum Gasteiger partial charge on any atom is -0.353 e. The molecule has 1 aliphatic carbocycles. The van der Waals surface area contributed by atoms with E-state index < -0.39 is 0 Å². The van der Waals surface area contributed by atoms with Crippen molar-refractivity contribution in [3.8, 4) is 0 Å². The zero-order valence-electron chi connectivity index (χ0n) is 8.48. The molecule has 0 saturated heterocycles. The molecule has 0 aliphatic heterocycles. The molecule has 1 fully saturated rings.